The number of ether oxygens (including phenoxy) is 1. The van der Waals surface area contributed by atoms with Crippen molar-refractivity contribution >= 4 is 11.6 Å². The fraction of sp³-hybridized carbons (Fsp3) is 0.417. The number of anilines is 1. The van der Waals surface area contributed by atoms with Crippen LogP contribution in [0.25, 0.3) is 0 Å². The molecule has 3 N–H and O–H groups in total. The van der Waals surface area contributed by atoms with Gasteiger partial charge in [-0.15, -0.1) is 0 Å². The third-order valence-corrected chi connectivity index (χ3v) is 2.95. The molecule has 1 amide bonds. The van der Waals surface area contributed by atoms with Crippen molar-refractivity contribution in [3.8, 4) is 5.75 Å². The topological polar surface area (TPSA) is 70.6 Å². The first-order chi connectivity index (χ1) is 8.22. The van der Waals surface area contributed by atoms with E-state index in [4.69, 9.17) is 4.74 Å². The summed E-state index contributed by atoms with van der Waals surface area (Å²) in [6.45, 7) is 0.945. The van der Waals surface area contributed by atoms with Crippen LogP contribution < -0.4 is 10.6 Å². The van der Waals surface area contributed by atoms with Crippen LogP contribution in [-0.4, -0.2) is 37.3 Å². The largest absolute Gasteiger partial charge is 0.506 e. The molecule has 0 radical (unpaired) electrons. The average molecular weight is 236 g/mol. The fourth-order valence-corrected chi connectivity index (χ4v) is 1.90. The quantitative estimate of drug-likeness (QED) is 0.671. The van der Waals surface area contributed by atoms with E-state index in [9.17, 15) is 9.90 Å². The third-order valence-electron chi connectivity index (χ3n) is 2.95. The summed E-state index contributed by atoms with van der Waals surface area (Å²) in [6, 6.07) is 6.70. The fourth-order valence-electron chi connectivity index (χ4n) is 1.90. The van der Waals surface area contributed by atoms with E-state index in [0.717, 1.165) is 0 Å². The molecule has 17 heavy (non-hydrogen) atoms. The molecule has 1 aromatic carbocycles. The summed E-state index contributed by atoms with van der Waals surface area (Å²) in [5, 5.41) is 15.3. The second kappa shape index (κ2) is 5.16. The van der Waals surface area contributed by atoms with Gasteiger partial charge in [-0.2, -0.15) is 0 Å². The highest BCUT2D eigenvalue weighted by molar-refractivity contribution is 5.94. The number of carbonyl (C=O) groups excluding carboxylic acids is 1. The molecular weight excluding hydrogens is 220 g/mol. The second-order valence-electron chi connectivity index (χ2n) is 4.05. The number of benzene rings is 1. The number of para-hydroxylation sites is 2. The second-order valence-corrected chi connectivity index (χ2v) is 4.05. The van der Waals surface area contributed by atoms with Crippen molar-refractivity contribution in [2.75, 3.05) is 25.6 Å². The molecule has 2 rings (SSSR count). The van der Waals surface area contributed by atoms with E-state index in [2.05, 4.69) is 10.6 Å². The maximum atomic E-state index is 12.0. The van der Waals surface area contributed by atoms with Gasteiger partial charge in [0.25, 0.3) is 0 Å². The SMILES string of the molecule is CNC1COCC1C(=O)Nc1ccccc1O. The first kappa shape index (κ1) is 11.9. The highest BCUT2D eigenvalue weighted by atomic mass is 16.5. The maximum absolute atomic E-state index is 12.0. The lowest BCUT2D eigenvalue weighted by Gasteiger charge is -2.16. The lowest BCUT2D eigenvalue weighted by atomic mass is 10.0. The Balaban J connectivity index is 2.04. The number of likely N-dealkylation sites (N-methyl/N-ethyl adjacent to an activating group) is 1. The number of amides is 1. The van der Waals surface area contributed by atoms with Crippen LogP contribution in [0, 0.1) is 5.92 Å². The zero-order valence-corrected chi connectivity index (χ0v) is 9.64. The van der Waals surface area contributed by atoms with E-state index in [1.165, 1.54) is 6.07 Å². The molecule has 0 aliphatic carbocycles. The van der Waals surface area contributed by atoms with E-state index in [1.54, 1.807) is 25.2 Å². The average Bonchev–Trinajstić information content (AvgIpc) is 2.80. The molecule has 0 spiro atoms. The Morgan fingerprint density at radius 2 is 2.18 bits per heavy atom. The van der Waals surface area contributed by atoms with E-state index in [0.29, 0.717) is 18.9 Å². The number of phenols is 1. The van der Waals surface area contributed by atoms with Crippen LogP contribution in [-0.2, 0) is 9.53 Å². The Morgan fingerprint density at radius 3 is 2.88 bits per heavy atom. The molecule has 5 heteroatoms. The molecule has 1 aromatic rings. The predicted molar refractivity (Wildman–Crippen MR) is 63.9 cm³/mol. The van der Waals surface area contributed by atoms with Crippen molar-refractivity contribution < 1.29 is 14.6 Å². The lowest BCUT2D eigenvalue weighted by molar-refractivity contribution is -0.120. The third kappa shape index (κ3) is 2.57. The van der Waals surface area contributed by atoms with E-state index < -0.39 is 0 Å². The minimum absolute atomic E-state index is 0.0286. The number of hydrogen-bond donors (Lipinski definition) is 3. The summed E-state index contributed by atoms with van der Waals surface area (Å²) in [6.07, 6.45) is 0. The molecular formula is C12H16N2O3. The van der Waals surface area contributed by atoms with Crippen LogP contribution >= 0.6 is 0 Å². The van der Waals surface area contributed by atoms with Crippen molar-refractivity contribution in [2.24, 2.45) is 5.92 Å². The molecule has 1 heterocycles. The summed E-state index contributed by atoms with van der Waals surface area (Å²) >= 11 is 0. The summed E-state index contributed by atoms with van der Waals surface area (Å²) in [4.78, 5) is 12.0. The van der Waals surface area contributed by atoms with Crippen LogP contribution in [0.2, 0.25) is 0 Å². The van der Waals surface area contributed by atoms with E-state index in [-0.39, 0.29) is 23.6 Å². The molecule has 1 aliphatic rings. The van der Waals surface area contributed by atoms with Crippen molar-refractivity contribution in [1.29, 1.82) is 0 Å². The summed E-state index contributed by atoms with van der Waals surface area (Å²) in [5.41, 5.74) is 0.430. The standard InChI is InChI=1S/C12H16N2O3/c1-13-10-7-17-6-8(10)12(16)14-9-4-2-3-5-11(9)15/h2-5,8,10,13,15H,6-7H2,1H3,(H,14,16). The Hall–Kier alpha value is -1.59. The summed E-state index contributed by atoms with van der Waals surface area (Å²) < 4.78 is 5.26. The number of phenolic OH excluding ortho intramolecular Hbond substituents is 1. The monoisotopic (exact) mass is 236 g/mol. The van der Waals surface area contributed by atoms with Gasteiger partial charge in [-0.25, -0.2) is 0 Å². The highest BCUT2D eigenvalue weighted by Crippen LogP contribution is 2.23. The smallest absolute Gasteiger partial charge is 0.231 e. The first-order valence-corrected chi connectivity index (χ1v) is 5.56. The van der Waals surface area contributed by atoms with Gasteiger partial charge in [-0.05, 0) is 19.2 Å². The van der Waals surface area contributed by atoms with Crippen LogP contribution in [0.4, 0.5) is 5.69 Å². The van der Waals surface area contributed by atoms with Crippen LogP contribution in [0.15, 0.2) is 24.3 Å². The molecule has 0 saturated carbocycles. The number of nitrogens with one attached hydrogen (secondary N) is 2. The Morgan fingerprint density at radius 1 is 1.41 bits per heavy atom. The molecule has 2 unspecified atom stereocenters. The molecule has 1 saturated heterocycles. The molecule has 1 aliphatic heterocycles. The van der Waals surface area contributed by atoms with Gasteiger partial charge in [-0.3, -0.25) is 4.79 Å². The predicted octanol–water partition coefficient (Wildman–Crippen LogP) is 0.565. The minimum atomic E-state index is -0.223. The van der Waals surface area contributed by atoms with Gasteiger partial charge in [0.2, 0.25) is 5.91 Å². The van der Waals surface area contributed by atoms with Crippen LogP contribution in [0.3, 0.4) is 0 Å². The van der Waals surface area contributed by atoms with Gasteiger partial charge in [0, 0.05) is 6.04 Å². The molecule has 0 bridgehead atoms. The Kier molecular flexibility index (Phi) is 3.61. The molecule has 5 nitrogen and oxygen atoms in total. The molecule has 2 atom stereocenters. The number of aromatic hydroxyl groups is 1. The normalized spacial score (nSPS) is 23.6. The zero-order valence-electron chi connectivity index (χ0n) is 9.64. The lowest BCUT2D eigenvalue weighted by Crippen LogP contribution is -2.39. The minimum Gasteiger partial charge on any atom is -0.506 e. The molecule has 1 fully saturated rings. The van der Waals surface area contributed by atoms with E-state index in [1.807, 2.05) is 0 Å². The molecule has 92 valence electrons. The Labute approximate surface area is 99.8 Å². The van der Waals surface area contributed by atoms with Crippen LogP contribution in [0.5, 0.6) is 5.75 Å². The van der Waals surface area contributed by atoms with Gasteiger partial charge in [0.1, 0.15) is 5.75 Å². The first-order valence-electron chi connectivity index (χ1n) is 5.56. The maximum Gasteiger partial charge on any atom is 0.231 e. The summed E-state index contributed by atoms with van der Waals surface area (Å²) in [7, 11) is 1.81. The molecule has 0 aromatic heterocycles. The highest BCUT2D eigenvalue weighted by Gasteiger charge is 2.33. The van der Waals surface area contributed by atoms with Crippen molar-refractivity contribution in [2.45, 2.75) is 6.04 Å². The van der Waals surface area contributed by atoms with Gasteiger partial charge in [-0.1, -0.05) is 12.1 Å². The van der Waals surface area contributed by atoms with Crippen molar-refractivity contribution in [1.82, 2.24) is 5.32 Å². The van der Waals surface area contributed by atoms with Gasteiger partial charge in [0.15, 0.2) is 0 Å². The van der Waals surface area contributed by atoms with E-state index >= 15 is 0 Å². The zero-order chi connectivity index (χ0) is 12.3. The van der Waals surface area contributed by atoms with Gasteiger partial charge >= 0.3 is 0 Å². The Bertz CT molecular complexity index is 408. The van der Waals surface area contributed by atoms with Gasteiger partial charge < -0.3 is 20.5 Å². The van der Waals surface area contributed by atoms with Gasteiger partial charge in [0.05, 0.1) is 24.8 Å². The number of rotatable bonds is 3. The number of hydrogen-bond acceptors (Lipinski definition) is 4. The van der Waals surface area contributed by atoms with Crippen LogP contribution in [0.1, 0.15) is 0 Å². The number of carbonyl (C=O) groups is 1. The van der Waals surface area contributed by atoms with Crippen molar-refractivity contribution in [3.05, 3.63) is 24.3 Å². The van der Waals surface area contributed by atoms with Crippen molar-refractivity contribution in [3.63, 3.8) is 0 Å². The summed E-state index contributed by atoms with van der Waals surface area (Å²) in [5.74, 6) is -0.288.